The average Bonchev–Trinajstić information content (AvgIpc) is 3.31. The Balaban J connectivity index is 1.56. The number of carbonyl (C=O) groups is 1. The number of amides is 1. The summed E-state index contributed by atoms with van der Waals surface area (Å²) in [6, 6.07) is 21.8. The Morgan fingerprint density at radius 3 is 2.39 bits per heavy atom. The van der Waals surface area contributed by atoms with Crippen molar-refractivity contribution in [3.05, 3.63) is 77.2 Å². The first-order valence-electron chi connectivity index (χ1n) is 9.80. The van der Waals surface area contributed by atoms with Crippen molar-refractivity contribution >= 4 is 28.0 Å². The van der Waals surface area contributed by atoms with Gasteiger partial charge in [0.25, 0.3) is 5.91 Å². The molecule has 0 aliphatic rings. The van der Waals surface area contributed by atoms with E-state index < -0.39 is 0 Å². The number of benzene rings is 3. The Morgan fingerprint density at radius 1 is 0.839 bits per heavy atom. The van der Waals surface area contributed by atoms with Crippen LogP contribution in [0, 0.1) is 0 Å². The lowest BCUT2D eigenvalue weighted by Crippen LogP contribution is -2.21. The first-order chi connectivity index (χ1) is 15.2. The van der Waals surface area contributed by atoms with Crippen LogP contribution < -0.4 is 19.5 Å². The molecule has 0 atom stereocenters. The maximum absolute atomic E-state index is 12.8. The molecule has 5 nitrogen and oxygen atoms in total. The number of hydrogen-bond donors (Lipinski definition) is 1. The first-order valence-corrected chi connectivity index (χ1v) is 10.6. The van der Waals surface area contributed by atoms with Gasteiger partial charge in [0.2, 0.25) is 5.75 Å². The van der Waals surface area contributed by atoms with Gasteiger partial charge in [-0.25, -0.2) is 0 Å². The standard InChI is InChI=1S/C25H23NO4S/c1-28-20-12-11-19(23(29-2)24(20)30-3)21-13-14-22(31-21)25(27)26-15-17-9-6-8-16-7-4-5-10-18(16)17/h4-14H,15H2,1-3H3,(H,26,27). The molecule has 0 saturated heterocycles. The van der Waals surface area contributed by atoms with Crippen LogP contribution in [0.15, 0.2) is 66.7 Å². The fourth-order valence-electron chi connectivity index (χ4n) is 3.61. The highest BCUT2D eigenvalue weighted by molar-refractivity contribution is 7.17. The molecule has 1 heterocycles. The maximum atomic E-state index is 12.8. The lowest BCUT2D eigenvalue weighted by Gasteiger charge is -2.14. The van der Waals surface area contributed by atoms with Crippen molar-refractivity contribution < 1.29 is 19.0 Å². The molecule has 4 rings (SSSR count). The summed E-state index contributed by atoms with van der Waals surface area (Å²) in [5.74, 6) is 1.58. The number of ether oxygens (including phenoxy) is 3. The van der Waals surface area contributed by atoms with Gasteiger partial charge >= 0.3 is 0 Å². The monoisotopic (exact) mass is 433 g/mol. The minimum atomic E-state index is -0.108. The molecule has 0 bridgehead atoms. The minimum Gasteiger partial charge on any atom is -0.493 e. The van der Waals surface area contributed by atoms with E-state index >= 15 is 0 Å². The highest BCUT2D eigenvalue weighted by Crippen LogP contribution is 2.45. The SMILES string of the molecule is COc1ccc(-c2ccc(C(=O)NCc3cccc4ccccc34)s2)c(OC)c1OC. The van der Waals surface area contributed by atoms with Crippen LogP contribution in [0.3, 0.4) is 0 Å². The maximum Gasteiger partial charge on any atom is 0.261 e. The van der Waals surface area contributed by atoms with Crippen molar-refractivity contribution in [1.82, 2.24) is 5.32 Å². The fourth-order valence-corrected chi connectivity index (χ4v) is 4.55. The second-order valence-corrected chi connectivity index (χ2v) is 7.95. The van der Waals surface area contributed by atoms with Crippen molar-refractivity contribution in [1.29, 1.82) is 0 Å². The zero-order valence-corrected chi connectivity index (χ0v) is 18.4. The Kier molecular flexibility index (Phi) is 6.09. The van der Waals surface area contributed by atoms with E-state index in [1.807, 2.05) is 48.5 Å². The van der Waals surface area contributed by atoms with Crippen LogP contribution in [0.4, 0.5) is 0 Å². The van der Waals surface area contributed by atoms with Crippen molar-refractivity contribution in [3.63, 3.8) is 0 Å². The molecule has 1 aromatic heterocycles. The normalized spacial score (nSPS) is 10.7. The van der Waals surface area contributed by atoms with E-state index in [2.05, 4.69) is 23.5 Å². The van der Waals surface area contributed by atoms with Crippen LogP contribution in [-0.2, 0) is 6.54 Å². The summed E-state index contributed by atoms with van der Waals surface area (Å²) < 4.78 is 16.4. The van der Waals surface area contributed by atoms with Crippen LogP contribution >= 0.6 is 11.3 Å². The molecule has 0 radical (unpaired) electrons. The van der Waals surface area contributed by atoms with Crippen LogP contribution in [0.5, 0.6) is 17.2 Å². The van der Waals surface area contributed by atoms with Gasteiger partial charge in [-0.1, -0.05) is 42.5 Å². The molecule has 0 saturated carbocycles. The number of carbonyl (C=O) groups excluding carboxylic acids is 1. The van der Waals surface area contributed by atoms with Crippen molar-refractivity contribution in [2.75, 3.05) is 21.3 Å². The molecular weight excluding hydrogens is 410 g/mol. The summed E-state index contributed by atoms with van der Waals surface area (Å²) in [6.07, 6.45) is 0. The van der Waals surface area contributed by atoms with E-state index in [9.17, 15) is 4.79 Å². The summed E-state index contributed by atoms with van der Waals surface area (Å²) >= 11 is 1.41. The molecule has 4 aromatic rings. The number of nitrogens with one attached hydrogen (secondary N) is 1. The third-order valence-electron chi connectivity index (χ3n) is 5.12. The van der Waals surface area contributed by atoms with Gasteiger partial charge in [-0.3, -0.25) is 4.79 Å². The average molecular weight is 434 g/mol. The Labute approximate surface area is 185 Å². The Morgan fingerprint density at radius 2 is 1.61 bits per heavy atom. The third-order valence-corrected chi connectivity index (χ3v) is 6.24. The molecule has 6 heteroatoms. The largest absolute Gasteiger partial charge is 0.493 e. The smallest absolute Gasteiger partial charge is 0.261 e. The van der Waals surface area contributed by atoms with Gasteiger partial charge in [-0.05, 0) is 40.6 Å². The summed E-state index contributed by atoms with van der Waals surface area (Å²) in [5, 5.41) is 5.34. The lowest BCUT2D eigenvalue weighted by atomic mass is 10.0. The molecule has 0 aliphatic carbocycles. The second kappa shape index (κ2) is 9.10. The van der Waals surface area contributed by atoms with E-state index in [0.717, 1.165) is 26.8 Å². The zero-order valence-electron chi connectivity index (χ0n) is 17.6. The zero-order chi connectivity index (χ0) is 21.8. The summed E-state index contributed by atoms with van der Waals surface area (Å²) in [6.45, 7) is 0.465. The molecule has 0 spiro atoms. The Bertz CT molecular complexity index is 1230. The summed E-state index contributed by atoms with van der Waals surface area (Å²) in [4.78, 5) is 14.3. The van der Waals surface area contributed by atoms with E-state index in [1.54, 1.807) is 21.3 Å². The number of fused-ring (bicyclic) bond motifs is 1. The number of thiophene rings is 1. The van der Waals surface area contributed by atoms with Gasteiger partial charge in [0.15, 0.2) is 11.5 Å². The van der Waals surface area contributed by atoms with Gasteiger partial charge in [-0.15, -0.1) is 11.3 Å². The second-order valence-electron chi connectivity index (χ2n) is 6.87. The fraction of sp³-hybridized carbons (Fsp3) is 0.160. The first kappa shape index (κ1) is 20.8. The highest BCUT2D eigenvalue weighted by atomic mass is 32.1. The van der Waals surface area contributed by atoms with Gasteiger partial charge in [0, 0.05) is 17.0 Å². The van der Waals surface area contributed by atoms with Gasteiger partial charge < -0.3 is 19.5 Å². The van der Waals surface area contributed by atoms with E-state index in [0.29, 0.717) is 28.7 Å². The summed E-state index contributed by atoms with van der Waals surface area (Å²) in [7, 11) is 4.75. The number of rotatable bonds is 7. The molecule has 0 aliphatic heterocycles. The minimum absolute atomic E-state index is 0.108. The van der Waals surface area contributed by atoms with Crippen LogP contribution in [0.2, 0.25) is 0 Å². The molecule has 0 fully saturated rings. The lowest BCUT2D eigenvalue weighted by molar-refractivity contribution is 0.0955. The van der Waals surface area contributed by atoms with E-state index in [1.165, 1.54) is 11.3 Å². The Hall–Kier alpha value is -3.51. The molecule has 3 aromatic carbocycles. The van der Waals surface area contributed by atoms with Crippen molar-refractivity contribution in [2.24, 2.45) is 0 Å². The number of hydrogen-bond acceptors (Lipinski definition) is 5. The highest BCUT2D eigenvalue weighted by Gasteiger charge is 2.19. The topological polar surface area (TPSA) is 56.8 Å². The van der Waals surface area contributed by atoms with Gasteiger partial charge in [0.1, 0.15) is 0 Å². The molecule has 1 amide bonds. The van der Waals surface area contributed by atoms with E-state index in [-0.39, 0.29) is 5.91 Å². The predicted molar refractivity (Wildman–Crippen MR) is 125 cm³/mol. The molecule has 158 valence electrons. The van der Waals surface area contributed by atoms with E-state index in [4.69, 9.17) is 14.2 Å². The number of methoxy groups -OCH3 is 3. The molecular formula is C25H23NO4S. The molecule has 31 heavy (non-hydrogen) atoms. The van der Waals surface area contributed by atoms with Crippen LogP contribution in [0.1, 0.15) is 15.2 Å². The molecule has 0 unspecified atom stereocenters. The van der Waals surface area contributed by atoms with Crippen LogP contribution in [-0.4, -0.2) is 27.2 Å². The third kappa shape index (κ3) is 4.07. The van der Waals surface area contributed by atoms with Crippen molar-refractivity contribution in [2.45, 2.75) is 6.54 Å². The summed E-state index contributed by atoms with van der Waals surface area (Å²) in [5.41, 5.74) is 1.93. The van der Waals surface area contributed by atoms with Crippen molar-refractivity contribution in [3.8, 4) is 27.7 Å². The quantitative estimate of drug-likeness (QED) is 0.417. The molecule has 1 N–H and O–H groups in total. The van der Waals surface area contributed by atoms with Gasteiger partial charge in [-0.2, -0.15) is 0 Å². The van der Waals surface area contributed by atoms with Gasteiger partial charge in [0.05, 0.1) is 26.2 Å². The van der Waals surface area contributed by atoms with Crippen LogP contribution in [0.25, 0.3) is 21.2 Å². The predicted octanol–water partition coefficient (Wildman–Crippen LogP) is 5.52.